The molecule has 0 bridgehead atoms. The zero-order chi connectivity index (χ0) is 16.0. The van der Waals surface area contributed by atoms with Crippen LogP contribution in [0.2, 0.25) is 0 Å². The van der Waals surface area contributed by atoms with Gasteiger partial charge in [0.15, 0.2) is 15.7 Å². The Hall–Kier alpha value is -1.54. The smallest absolute Gasteiger partial charge is 0.341 e. The molecule has 0 saturated heterocycles. The standard InChI is InChI=1S/C13H16F2O5S/c1-2-3-6-20-7-8-21(18,19)10-5-4-9(14)11(12(10)15)13(16)17/h4-5H,2-3,6-8H2,1H3,(H,16,17). The Morgan fingerprint density at radius 1 is 1.29 bits per heavy atom. The first-order valence-corrected chi connectivity index (χ1v) is 7.98. The second-order valence-electron chi connectivity index (χ2n) is 4.32. The summed E-state index contributed by atoms with van der Waals surface area (Å²) in [4.78, 5) is 9.92. The molecule has 0 atom stereocenters. The van der Waals surface area contributed by atoms with E-state index < -0.39 is 43.7 Å². The fourth-order valence-corrected chi connectivity index (χ4v) is 2.80. The van der Waals surface area contributed by atoms with Gasteiger partial charge in [-0.05, 0) is 18.6 Å². The minimum absolute atomic E-state index is 0.137. The van der Waals surface area contributed by atoms with Crippen LogP contribution in [0.15, 0.2) is 17.0 Å². The molecular formula is C13H16F2O5S. The van der Waals surface area contributed by atoms with Crippen molar-refractivity contribution in [3.63, 3.8) is 0 Å². The van der Waals surface area contributed by atoms with Crippen molar-refractivity contribution < 1.29 is 31.8 Å². The molecule has 0 aliphatic carbocycles. The minimum Gasteiger partial charge on any atom is -0.477 e. The Bertz CT molecular complexity index is 613. The molecule has 0 spiro atoms. The molecule has 0 amide bonds. The van der Waals surface area contributed by atoms with E-state index in [9.17, 15) is 22.0 Å². The number of ether oxygens (including phenoxy) is 1. The Kier molecular flexibility index (Phi) is 6.22. The van der Waals surface area contributed by atoms with Crippen LogP contribution in [-0.4, -0.2) is 38.5 Å². The topological polar surface area (TPSA) is 80.7 Å². The Morgan fingerprint density at radius 3 is 2.52 bits per heavy atom. The van der Waals surface area contributed by atoms with Crippen LogP contribution >= 0.6 is 0 Å². The van der Waals surface area contributed by atoms with Crippen molar-refractivity contribution in [3.8, 4) is 0 Å². The summed E-state index contributed by atoms with van der Waals surface area (Å²) in [5, 5.41) is 8.71. The number of carboxylic acid groups (broad SMARTS) is 1. The number of unbranched alkanes of at least 4 members (excludes halogenated alkanes) is 1. The zero-order valence-electron chi connectivity index (χ0n) is 11.4. The Balaban J connectivity index is 2.94. The van der Waals surface area contributed by atoms with Crippen molar-refractivity contribution in [2.24, 2.45) is 0 Å². The lowest BCUT2D eigenvalue weighted by Gasteiger charge is -2.08. The van der Waals surface area contributed by atoms with Crippen LogP contribution in [0.5, 0.6) is 0 Å². The molecule has 1 N–H and O–H groups in total. The van der Waals surface area contributed by atoms with Gasteiger partial charge in [0.1, 0.15) is 16.3 Å². The second kappa shape index (κ2) is 7.46. The van der Waals surface area contributed by atoms with E-state index in [1.54, 1.807) is 0 Å². The van der Waals surface area contributed by atoms with Crippen molar-refractivity contribution >= 4 is 15.8 Å². The third kappa shape index (κ3) is 4.47. The number of aromatic carboxylic acids is 1. The molecule has 0 saturated carbocycles. The number of halogens is 2. The number of hydrogen-bond acceptors (Lipinski definition) is 4. The number of hydrogen-bond donors (Lipinski definition) is 1. The van der Waals surface area contributed by atoms with Gasteiger partial charge in [0.25, 0.3) is 0 Å². The zero-order valence-corrected chi connectivity index (χ0v) is 12.3. The van der Waals surface area contributed by atoms with Gasteiger partial charge in [0.05, 0.1) is 12.4 Å². The molecule has 21 heavy (non-hydrogen) atoms. The minimum atomic E-state index is -4.08. The molecule has 0 heterocycles. The van der Waals surface area contributed by atoms with Crippen molar-refractivity contribution in [2.45, 2.75) is 24.7 Å². The first kappa shape index (κ1) is 17.5. The number of sulfone groups is 1. The monoisotopic (exact) mass is 322 g/mol. The molecule has 1 aromatic rings. The van der Waals surface area contributed by atoms with Gasteiger partial charge >= 0.3 is 5.97 Å². The highest BCUT2D eigenvalue weighted by Gasteiger charge is 2.26. The number of carboxylic acids is 1. The molecular weight excluding hydrogens is 306 g/mol. The summed E-state index contributed by atoms with van der Waals surface area (Å²) in [5.41, 5.74) is -1.28. The van der Waals surface area contributed by atoms with Crippen LogP contribution in [0.1, 0.15) is 30.1 Å². The lowest BCUT2D eigenvalue weighted by atomic mass is 10.2. The molecule has 1 rings (SSSR count). The molecule has 118 valence electrons. The quantitative estimate of drug-likeness (QED) is 0.586. The predicted octanol–water partition coefficient (Wildman–Crippen LogP) is 2.25. The molecule has 0 aliphatic rings. The van der Waals surface area contributed by atoms with Crippen molar-refractivity contribution in [1.29, 1.82) is 0 Å². The van der Waals surface area contributed by atoms with Crippen LogP contribution in [0, 0.1) is 11.6 Å². The molecule has 0 unspecified atom stereocenters. The number of carbonyl (C=O) groups is 1. The maximum atomic E-state index is 13.9. The van der Waals surface area contributed by atoms with Crippen LogP contribution in [0.3, 0.4) is 0 Å². The maximum absolute atomic E-state index is 13.9. The third-order valence-electron chi connectivity index (χ3n) is 2.74. The molecule has 0 aliphatic heterocycles. The van der Waals surface area contributed by atoms with Crippen LogP contribution in [0.25, 0.3) is 0 Å². The van der Waals surface area contributed by atoms with E-state index in [4.69, 9.17) is 9.84 Å². The van der Waals surface area contributed by atoms with Crippen LogP contribution < -0.4 is 0 Å². The summed E-state index contributed by atoms with van der Waals surface area (Å²) in [6.07, 6.45) is 1.66. The summed E-state index contributed by atoms with van der Waals surface area (Å²) in [6.45, 7) is 2.20. The van der Waals surface area contributed by atoms with E-state index in [2.05, 4.69) is 0 Å². The lowest BCUT2D eigenvalue weighted by molar-refractivity contribution is 0.0685. The van der Waals surface area contributed by atoms with Crippen LogP contribution in [0.4, 0.5) is 8.78 Å². The van der Waals surface area contributed by atoms with E-state index in [0.717, 1.165) is 18.9 Å². The predicted molar refractivity (Wildman–Crippen MR) is 71.1 cm³/mol. The van der Waals surface area contributed by atoms with Gasteiger partial charge in [0.2, 0.25) is 0 Å². The Morgan fingerprint density at radius 2 is 1.95 bits per heavy atom. The molecule has 8 heteroatoms. The third-order valence-corrected chi connectivity index (χ3v) is 4.43. The normalized spacial score (nSPS) is 11.6. The largest absolute Gasteiger partial charge is 0.477 e. The summed E-state index contributed by atoms with van der Waals surface area (Å²) in [6, 6.07) is 1.34. The van der Waals surface area contributed by atoms with Gasteiger partial charge in [-0.2, -0.15) is 0 Å². The fourth-order valence-electron chi connectivity index (χ4n) is 1.60. The second-order valence-corrected chi connectivity index (χ2v) is 6.40. The van der Waals surface area contributed by atoms with Gasteiger partial charge in [-0.15, -0.1) is 0 Å². The van der Waals surface area contributed by atoms with E-state index in [1.165, 1.54) is 0 Å². The SMILES string of the molecule is CCCCOCCS(=O)(=O)c1ccc(F)c(C(=O)O)c1F. The summed E-state index contributed by atoms with van der Waals surface area (Å²) >= 11 is 0. The number of benzene rings is 1. The highest BCUT2D eigenvalue weighted by Crippen LogP contribution is 2.22. The molecule has 0 fully saturated rings. The van der Waals surface area contributed by atoms with Crippen molar-refractivity contribution in [1.82, 2.24) is 0 Å². The number of rotatable bonds is 8. The highest BCUT2D eigenvalue weighted by molar-refractivity contribution is 7.91. The molecule has 0 radical (unpaired) electrons. The molecule has 1 aromatic carbocycles. The summed E-state index contributed by atoms with van der Waals surface area (Å²) in [7, 11) is -4.08. The van der Waals surface area contributed by atoms with Gasteiger partial charge < -0.3 is 9.84 Å². The van der Waals surface area contributed by atoms with Gasteiger partial charge in [-0.3, -0.25) is 0 Å². The van der Waals surface area contributed by atoms with Gasteiger partial charge in [0, 0.05) is 6.61 Å². The molecule has 5 nitrogen and oxygen atoms in total. The fraction of sp³-hybridized carbons (Fsp3) is 0.462. The Labute approximate surface area is 121 Å². The van der Waals surface area contributed by atoms with E-state index in [-0.39, 0.29) is 6.61 Å². The van der Waals surface area contributed by atoms with Crippen molar-refractivity contribution in [2.75, 3.05) is 19.0 Å². The van der Waals surface area contributed by atoms with E-state index >= 15 is 0 Å². The van der Waals surface area contributed by atoms with Gasteiger partial charge in [-0.1, -0.05) is 13.3 Å². The maximum Gasteiger partial charge on any atom is 0.341 e. The van der Waals surface area contributed by atoms with E-state index in [1.807, 2.05) is 6.92 Å². The van der Waals surface area contributed by atoms with Gasteiger partial charge in [-0.25, -0.2) is 22.0 Å². The van der Waals surface area contributed by atoms with E-state index in [0.29, 0.717) is 12.7 Å². The van der Waals surface area contributed by atoms with Crippen LogP contribution in [-0.2, 0) is 14.6 Å². The average Bonchev–Trinajstić information content (AvgIpc) is 2.37. The summed E-state index contributed by atoms with van der Waals surface area (Å²) < 4.78 is 56.0. The summed E-state index contributed by atoms with van der Waals surface area (Å²) in [5.74, 6) is -5.27. The first-order chi connectivity index (χ1) is 9.81. The highest BCUT2D eigenvalue weighted by atomic mass is 32.2. The molecule has 0 aromatic heterocycles. The average molecular weight is 322 g/mol. The first-order valence-electron chi connectivity index (χ1n) is 6.33. The lowest BCUT2D eigenvalue weighted by Crippen LogP contribution is -2.17. The van der Waals surface area contributed by atoms with Crippen molar-refractivity contribution in [3.05, 3.63) is 29.3 Å².